The van der Waals surface area contributed by atoms with Gasteiger partial charge in [-0.3, -0.25) is 0 Å². The maximum Gasteiger partial charge on any atom is 0.238 e. The Morgan fingerprint density at radius 1 is 1.38 bits per heavy atom. The van der Waals surface area contributed by atoms with Gasteiger partial charge in [-0.2, -0.15) is 5.21 Å². The molecule has 0 spiro atoms. The number of ether oxygens (including phenoxy) is 2. The largest absolute Gasteiger partial charge is 0.377 e. The summed E-state index contributed by atoms with van der Waals surface area (Å²) in [7, 11) is 0. The van der Waals surface area contributed by atoms with Crippen molar-refractivity contribution >= 4 is 12.2 Å². The Hall–Kier alpha value is -0.790. The zero-order valence-electron chi connectivity index (χ0n) is 6.97. The van der Waals surface area contributed by atoms with Crippen molar-refractivity contribution in [3.8, 4) is 0 Å². The minimum atomic E-state index is 0.0602. The number of rotatable bonds is 1. The Morgan fingerprint density at radius 3 is 2.62 bits per heavy atom. The smallest absolute Gasteiger partial charge is 0.238 e. The van der Waals surface area contributed by atoms with Crippen LogP contribution < -0.4 is 0 Å². The van der Waals surface area contributed by atoms with Gasteiger partial charge in [0.1, 0.15) is 6.04 Å². The van der Waals surface area contributed by atoms with Gasteiger partial charge in [0.05, 0.1) is 26.4 Å². The van der Waals surface area contributed by atoms with E-state index in [0.29, 0.717) is 31.2 Å². The third-order valence-electron chi connectivity index (χ3n) is 1.85. The Balaban J connectivity index is 2.15. The number of tetrazole rings is 1. The average molecular weight is 202 g/mol. The first-order valence-electron chi connectivity index (χ1n) is 4.03. The van der Waals surface area contributed by atoms with E-state index >= 15 is 0 Å². The van der Waals surface area contributed by atoms with Crippen molar-refractivity contribution in [2.45, 2.75) is 6.04 Å². The number of nitrogens with one attached hydrogen (secondary N) is 1. The van der Waals surface area contributed by atoms with Crippen molar-refractivity contribution in [3.05, 3.63) is 4.77 Å². The molecule has 1 aliphatic rings. The van der Waals surface area contributed by atoms with Crippen LogP contribution in [0.5, 0.6) is 0 Å². The fourth-order valence-electron chi connectivity index (χ4n) is 1.20. The number of hydrogen-bond donors (Lipinski definition) is 1. The lowest BCUT2D eigenvalue weighted by molar-refractivity contribution is 0.103. The highest BCUT2D eigenvalue weighted by Crippen LogP contribution is 2.08. The quantitative estimate of drug-likeness (QED) is 0.645. The second-order valence-corrected chi connectivity index (χ2v) is 3.12. The third-order valence-corrected chi connectivity index (χ3v) is 2.13. The van der Waals surface area contributed by atoms with E-state index in [1.807, 2.05) is 0 Å². The van der Waals surface area contributed by atoms with Crippen molar-refractivity contribution in [3.63, 3.8) is 0 Å². The summed E-state index contributed by atoms with van der Waals surface area (Å²) in [5, 5.41) is 9.98. The van der Waals surface area contributed by atoms with Crippen LogP contribution in [0.1, 0.15) is 6.04 Å². The van der Waals surface area contributed by atoms with E-state index in [4.69, 9.17) is 21.7 Å². The molecule has 72 valence electrons. The van der Waals surface area contributed by atoms with Crippen LogP contribution in [-0.4, -0.2) is 46.6 Å². The minimum Gasteiger partial charge on any atom is -0.377 e. The van der Waals surface area contributed by atoms with E-state index in [1.165, 1.54) is 0 Å². The van der Waals surface area contributed by atoms with Crippen LogP contribution in [0.2, 0.25) is 0 Å². The summed E-state index contributed by atoms with van der Waals surface area (Å²) in [6.45, 7) is 2.42. The topological polar surface area (TPSA) is 65.0 Å². The molecule has 0 atom stereocenters. The van der Waals surface area contributed by atoms with E-state index in [-0.39, 0.29) is 6.04 Å². The number of aromatic amines is 1. The summed E-state index contributed by atoms with van der Waals surface area (Å²) in [4.78, 5) is 0. The number of hydrogen-bond acceptors (Lipinski definition) is 5. The van der Waals surface area contributed by atoms with Crippen LogP contribution in [0, 0.1) is 4.77 Å². The predicted octanol–water partition coefficient (Wildman–Crippen LogP) is -0.0764. The highest BCUT2D eigenvalue weighted by Gasteiger charge is 2.16. The monoisotopic (exact) mass is 202 g/mol. The molecule has 0 aliphatic carbocycles. The van der Waals surface area contributed by atoms with Gasteiger partial charge in [-0.25, -0.2) is 4.68 Å². The average Bonchev–Trinajstić information content (AvgIpc) is 2.43. The fraction of sp³-hybridized carbons (Fsp3) is 0.833. The molecule has 1 aromatic heterocycles. The molecule has 0 saturated carbocycles. The maximum atomic E-state index is 5.32. The van der Waals surface area contributed by atoms with Crippen molar-refractivity contribution in [1.82, 2.24) is 20.2 Å². The zero-order valence-corrected chi connectivity index (χ0v) is 7.79. The van der Waals surface area contributed by atoms with Gasteiger partial charge in [0.25, 0.3) is 0 Å². The standard InChI is InChI=1S/C6H10N4O2S/c13-6-7-8-9-10(6)5-3-11-1-2-12-4-5/h5H,1-4H2,(H,7,9,13). The molecule has 0 amide bonds. The molecule has 2 rings (SSSR count). The molecule has 0 radical (unpaired) electrons. The van der Waals surface area contributed by atoms with Crippen LogP contribution >= 0.6 is 12.2 Å². The van der Waals surface area contributed by atoms with E-state index in [9.17, 15) is 0 Å². The molecule has 1 N–H and O–H groups in total. The van der Waals surface area contributed by atoms with E-state index in [1.54, 1.807) is 4.68 Å². The van der Waals surface area contributed by atoms with Crippen molar-refractivity contribution in [2.24, 2.45) is 0 Å². The van der Waals surface area contributed by atoms with Crippen LogP contribution in [0.15, 0.2) is 0 Å². The van der Waals surface area contributed by atoms with Gasteiger partial charge in [-0.05, 0) is 12.2 Å². The molecule has 7 heteroatoms. The van der Waals surface area contributed by atoms with Gasteiger partial charge in [-0.15, -0.1) is 0 Å². The number of aromatic nitrogens is 4. The zero-order chi connectivity index (χ0) is 9.10. The lowest BCUT2D eigenvalue weighted by Crippen LogP contribution is -2.19. The molecule has 1 saturated heterocycles. The van der Waals surface area contributed by atoms with Crippen LogP contribution in [0.4, 0.5) is 0 Å². The van der Waals surface area contributed by atoms with Gasteiger partial charge in [0.2, 0.25) is 4.77 Å². The molecule has 0 aromatic carbocycles. The molecule has 1 aromatic rings. The van der Waals surface area contributed by atoms with Crippen molar-refractivity contribution in [2.75, 3.05) is 26.4 Å². The van der Waals surface area contributed by atoms with Crippen LogP contribution in [0.3, 0.4) is 0 Å². The minimum absolute atomic E-state index is 0.0602. The molecule has 6 nitrogen and oxygen atoms in total. The molecule has 13 heavy (non-hydrogen) atoms. The highest BCUT2D eigenvalue weighted by molar-refractivity contribution is 7.71. The molecular weight excluding hydrogens is 192 g/mol. The van der Waals surface area contributed by atoms with Gasteiger partial charge < -0.3 is 9.47 Å². The third kappa shape index (κ3) is 1.93. The van der Waals surface area contributed by atoms with E-state index < -0.39 is 0 Å². The summed E-state index contributed by atoms with van der Waals surface area (Å²) in [5.41, 5.74) is 0. The summed E-state index contributed by atoms with van der Waals surface area (Å²) >= 11 is 4.96. The Kier molecular flexibility index (Phi) is 2.67. The molecule has 1 fully saturated rings. The lowest BCUT2D eigenvalue weighted by Gasteiger charge is -2.12. The van der Waals surface area contributed by atoms with E-state index in [2.05, 4.69) is 15.5 Å². The number of nitrogens with zero attached hydrogens (tertiary/aromatic N) is 3. The summed E-state index contributed by atoms with van der Waals surface area (Å²) in [6.07, 6.45) is 0. The normalized spacial score (nSPS) is 20.0. The molecular formula is C6H10N4O2S. The van der Waals surface area contributed by atoms with Crippen molar-refractivity contribution in [1.29, 1.82) is 0 Å². The Morgan fingerprint density at radius 2 is 2.08 bits per heavy atom. The fourth-order valence-corrected chi connectivity index (χ4v) is 1.43. The molecule has 0 unspecified atom stereocenters. The first kappa shape index (κ1) is 8.79. The SMILES string of the molecule is S=c1nn[nH]n1C1COCCOC1. The predicted molar refractivity (Wildman–Crippen MR) is 45.9 cm³/mol. The molecule has 1 aliphatic heterocycles. The Bertz CT molecular complexity index is 314. The summed E-state index contributed by atoms with van der Waals surface area (Å²) in [6, 6.07) is 0.0602. The van der Waals surface area contributed by atoms with Crippen LogP contribution in [0.25, 0.3) is 0 Å². The first-order chi connectivity index (χ1) is 6.38. The highest BCUT2D eigenvalue weighted by atomic mass is 32.1. The second-order valence-electron chi connectivity index (χ2n) is 2.76. The Labute approximate surface area is 79.8 Å². The second kappa shape index (κ2) is 3.95. The van der Waals surface area contributed by atoms with E-state index in [0.717, 1.165) is 0 Å². The van der Waals surface area contributed by atoms with Gasteiger partial charge >= 0.3 is 0 Å². The molecule has 2 heterocycles. The van der Waals surface area contributed by atoms with Gasteiger partial charge in [0.15, 0.2) is 0 Å². The molecule has 0 bridgehead atoms. The van der Waals surface area contributed by atoms with Gasteiger partial charge in [-0.1, -0.05) is 10.3 Å². The van der Waals surface area contributed by atoms with Crippen LogP contribution in [-0.2, 0) is 9.47 Å². The first-order valence-corrected chi connectivity index (χ1v) is 4.44. The maximum absolute atomic E-state index is 5.32. The summed E-state index contributed by atoms with van der Waals surface area (Å²) in [5.74, 6) is 0. The van der Waals surface area contributed by atoms with Gasteiger partial charge in [0, 0.05) is 0 Å². The van der Waals surface area contributed by atoms with Crippen molar-refractivity contribution < 1.29 is 9.47 Å². The lowest BCUT2D eigenvalue weighted by atomic mass is 10.3. The summed E-state index contributed by atoms with van der Waals surface area (Å²) < 4.78 is 12.7. The number of H-pyrrole nitrogens is 1.